The SMILES string of the molecule is CC(=O)Nc1ccc(NS(C)(=O)=O)c(C(=O)NCCC2CCCNC2)c1. The first kappa shape index (κ1) is 20.2. The maximum absolute atomic E-state index is 12.6. The number of carbonyl (C=O) groups excluding carboxylic acids is 2. The van der Waals surface area contributed by atoms with E-state index in [1.165, 1.54) is 19.1 Å². The number of hydrogen-bond donors (Lipinski definition) is 4. The van der Waals surface area contributed by atoms with Crippen LogP contribution in [0.25, 0.3) is 0 Å². The zero-order valence-corrected chi connectivity index (χ0v) is 15.9. The van der Waals surface area contributed by atoms with Crippen LogP contribution in [0.3, 0.4) is 0 Å². The molecule has 1 aromatic carbocycles. The van der Waals surface area contributed by atoms with Crippen molar-refractivity contribution in [1.82, 2.24) is 10.6 Å². The Labute approximate surface area is 154 Å². The lowest BCUT2D eigenvalue weighted by molar-refractivity contribution is -0.114. The topological polar surface area (TPSA) is 116 Å². The molecule has 0 radical (unpaired) electrons. The van der Waals surface area contributed by atoms with Crippen LogP contribution in [0.15, 0.2) is 18.2 Å². The van der Waals surface area contributed by atoms with Crippen molar-refractivity contribution in [2.24, 2.45) is 5.92 Å². The summed E-state index contributed by atoms with van der Waals surface area (Å²) in [5.41, 5.74) is 0.778. The van der Waals surface area contributed by atoms with E-state index in [4.69, 9.17) is 0 Å². The maximum atomic E-state index is 12.6. The van der Waals surface area contributed by atoms with Crippen molar-refractivity contribution in [3.8, 4) is 0 Å². The van der Waals surface area contributed by atoms with Crippen LogP contribution in [-0.2, 0) is 14.8 Å². The molecule has 9 heteroatoms. The number of rotatable bonds is 7. The number of piperidine rings is 1. The van der Waals surface area contributed by atoms with Crippen LogP contribution in [-0.4, -0.2) is 46.1 Å². The van der Waals surface area contributed by atoms with Gasteiger partial charge in [-0.3, -0.25) is 14.3 Å². The Balaban J connectivity index is 2.08. The average Bonchev–Trinajstić information content (AvgIpc) is 2.55. The molecule has 2 amide bonds. The molecule has 8 nitrogen and oxygen atoms in total. The van der Waals surface area contributed by atoms with E-state index < -0.39 is 10.0 Å². The second-order valence-electron chi connectivity index (χ2n) is 6.57. The molecule has 1 unspecified atom stereocenters. The zero-order chi connectivity index (χ0) is 19.2. The van der Waals surface area contributed by atoms with Gasteiger partial charge in [0, 0.05) is 19.2 Å². The minimum absolute atomic E-state index is 0.170. The van der Waals surface area contributed by atoms with E-state index in [2.05, 4.69) is 20.7 Å². The van der Waals surface area contributed by atoms with Crippen LogP contribution < -0.4 is 20.7 Å². The van der Waals surface area contributed by atoms with Gasteiger partial charge in [0.15, 0.2) is 0 Å². The van der Waals surface area contributed by atoms with E-state index in [0.717, 1.165) is 38.6 Å². The standard InChI is InChI=1S/C17H26N4O4S/c1-12(22)20-14-5-6-16(21-26(2,24)25)15(10-14)17(23)19-9-7-13-4-3-8-18-11-13/h5-6,10,13,18,21H,3-4,7-9,11H2,1-2H3,(H,19,23)(H,20,22). The fourth-order valence-corrected chi connectivity index (χ4v) is 3.53. The molecule has 1 fully saturated rings. The summed E-state index contributed by atoms with van der Waals surface area (Å²) in [6.07, 6.45) is 4.16. The molecule has 26 heavy (non-hydrogen) atoms. The highest BCUT2D eigenvalue weighted by molar-refractivity contribution is 7.92. The summed E-state index contributed by atoms with van der Waals surface area (Å²) in [6, 6.07) is 4.47. The molecule has 2 rings (SSSR count). The Morgan fingerprint density at radius 3 is 2.69 bits per heavy atom. The summed E-state index contributed by atoms with van der Waals surface area (Å²) >= 11 is 0. The lowest BCUT2D eigenvalue weighted by atomic mass is 9.96. The quantitative estimate of drug-likeness (QED) is 0.564. The van der Waals surface area contributed by atoms with E-state index in [9.17, 15) is 18.0 Å². The van der Waals surface area contributed by atoms with Crippen molar-refractivity contribution in [1.29, 1.82) is 0 Å². The normalized spacial score (nSPS) is 17.4. The summed E-state index contributed by atoms with van der Waals surface area (Å²) in [6.45, 7) is 3.86. The second-order valence-corrected chi connectivity index (χ2v) is 8.32. The largest absolute Gasteiger partial charge is 0.352 e. The summed E-state index contributed by atoms with van der Waals surface area (Å²) < 4.78 is 25.4. The minimum atomic E-state index is -3.53. The van der Waals surface area contributed by atoms with Gasteiger partial charge in [-0.2, -0.15) is 0 Å². The third kappa shape index (κ3) is 6.64. The molecule has 144 valence electrons. The number of carbonyl (C=O) groups is 2. The maximum Gasteiger partial charge on any atom is 0.253 e. The van der Waals surface area contributed by atoms with Crippen molar-refractivity contribution in [3.63, 3.8) is 0 Å². The molecule has 1 saturated heterocycles. The van der Waals surface area contributed by atoms with Gasteiger partial charge >= 0.3 is 0 Å². The molecule has 1 aliphatic heterocycles. The van der Waals surface area contributed by atoms with Crippen molar-refractivity contribution in [2.75, 3.05) is 35.9 Å². The molecule has 0 saturated carbocycles. The van der Waals surface area contributed by atoms with Gasteiger partial charge in [0.2, 0.25) is 15.9 Å². The second kappa shape index (κ2) is 9.00. The van der Waals surface area contributed by atoms with Gasteiger partial charge in [-0.15, -0.1) is 0 Å². The number of sulfonamides is 1. The lowest BCUT2D eigenvalue weighted by Crippen LogP contribution is -2.33. The van der Waals surface area contributed by atoms with E-state index in [1.807, 2.05) is 0 Å². The first-order valence-electron chi connectivity index (χ1n) is 8.63. The first-order valence-corrected chi connectivity index (χ1v) is 10.5. The monoisotopic (exact) mass is 382 g/mol. The van der Waals surface area contributed by atoms with Crippen LogP contribution in [0.4, 0.5) is 11.4 Å². The van der Waals surface area contributed by atoms with Crippen LogP contribution >= 0.6 is 0 Å². The van der Waals surface area contributed by atoms with Gasteiger partial charge in [0.25, 0.3) is 5.91 Å². The fraction of sp³-hybridized carbons (Fsp3) is 0.529. The Hall–Kier alpha value is -2.13. The smallest absolute Gasteiger partial charge is 0.253 e. The van der Waals surface area contributed by atoms with Gasteiger partial charge < -0.3 is 16.0 Å². The van der Waals surface area contributed by atoms with Crippen LogP contribution in [0, 0.1) is 5.92 Å². The molecule has 0 aromatic heterocycles. The number of nitrogens with one attached hydrogen (secondary N) is 4. The van der Waals surface area contributed by atoms with E-state index in [1.54, 1.807) is 6.07 Å². The average molecular weight is 382 g/mol. The van der Waals surface area contributed by atoms with Crippen LogP contribution in [0.5, 0.6) is 0 Å². The molecular weight excluding hydrogens is 356 g/mol. The number of anilines is 2. The van der Waals surface area contributed by atoms with E-state index >= 15 is 0 Å². The Morgan fingerprint density at radius 1 is 1.31 bits per heavy atom. The highest BCUT2D eigenvalue weighted by Crippen LogP contribution is 2.22. The van der Waals surface area contributed by atoms with Crippen molar-refractivity contribution in [2.45, 2.75) is 26.2 Å². The van der Waals surface area contributed by atoms with Crippen molar-refractivity contribution in [3.05, 3.63) is 23.8 Å². The Bertz CT molecular complexity index is 758. The van der Waals surface area contributed by atoms with Gasteiger partial charge in [0.05, 0.1) is 17.5 Å². The molecular formula is C17H26N4O4S. The third-order valence-corrected chi connectivity index (χ3v) is 4.71. The highest BCUT2D eigenvalue weighted by atomic mass is 32.2. The van der Waals surface area contributed by atoms with Gasteiger partial charge in [-0.05, 0) is 56.5 Å². The predicted octanol–water partition coefficient (Wildman–Crippen LogP) is 1.14. The number of hydrogen-bond acceptors (Lipinski definition) is 5. The lowest BCUT2D eigenvalue weighted by Gasteiger charge is -2.22. The molecule has 0 bridgehead atoms. The molecule has 1 atom stereocenters. The highest BCUT2D eigenvalue weighted by Gasteiger charge is 2.17. The van der Waals surface area contributed by atoms with Gasteiger partial charge in [-0.25, -0.2) is 8.42 Å². The minimum Gasteiger partial charge on any atom is -0.352 e. The number of amides is 2. The molecule has 1 aliphatic rings. The van der Waals surface area contributed by atoms with Crippen molar-refractivity contribution < 1.29 is 18.0 Å². The fourth-order valence-electron chi connectivity index (χ4n) is 2.96. The molecule has 0 spiro atoms. The summed E-state index contributed by atoms with van der Waals surface area (Å²) in [5, 5.41) is 8.77. The Kier molecular flexibility index (Phi) is 6.98. The first-order chi connectivity index (χ1) is 12.2. The molecule has 1 aromatic rings. The summed E-state index contributed by atoms with van der Waals surface area (Å²) in [7, 11) is -3.53. The summed E-state index contributed by atoms with van der Waals surface area (Å²) in [4.78, 5) is 23.8. The Morgan fingerprint density at radius 2 is 2.08 bits per heavy atom. The predicted molar refractivity (Wildman–Crippen MR) is 102 cm³/mol. The van der Waals surface area contributed by atoms with Crippen LogP contribution in [0.2, 0.25) is 0 Å². The zero-order valence-electron chi connectivity index (χ0n) is 15.1. The van der Waals surface area contributed by atoms with Gasteiger partial charge in [-0.1, -0.05) is 0 Å². The van der Waals surface area contributed by atoms with E-state index in [0.29, 0.717) is 18.2 Å². The van der Waals surface area contributed by atoms with Crippen LogP contribution in [0.1, 0.15) is 36.5 Å². The van der Waals surface area contributed by atoms with Crippen molar-refractivity contribution >= 4 is 33.2 Å². The van der Waals surface area contributed by atoms with Gasteiger partial charge in [0.1, 0.15) is 0 Å². The van der Waals surface area contributed by atoms with E-state index in [-0.39, 0.29) is 23.1 Å². The third-order valence-electron chi connectivity index (χ3n) is 4.12. The molecule has 1 heterocycles. The molecule has 0 aliphatic carbocycles. The summed E-state index contributed by atoms with van der Waals surface area (Å²) in [5.74, 6) is -0.125. The molecule has 4 N–H and O–H groups in total. The number of benzene rings is 1.